The molecule has 0 aromatic heterocycles. The quantitative estimate of drug-likeness (QED) is 0.694. The van der Waals surface area contributed by atoms with Crippen LogP contribution in [0.1, 0.15) is 17.5 Å². The third kappa shape index (κ3) is 1.52. The van der Waals surface area contributed by atoms with Gasteiger partial charge in [0, 0.05) is 4.47 Å². The van der Waals surface area contributed by atoms with Gasteiger partial charge < -0.3 is 4.74 Å². The lowest BCUT2D eigenvalue weighted by molar-refractivity contribution is -0.0407. The molecule has 0 amide bonds. The highest BCUT2D eigenvalue weighted by Crippen LogP contribution is 2.44. The molecule has 4 heteroatoms. The molecule has 0 saturated carbocycles. The number of fused-ring (bicyclic) bond motifs is 1. The molecule has 0 N–H and O–H groups in total. The monoisotopic (exact) mass is 262 g/mol. The van der Waals surface area contributed by atoms with E-state index in [-0.39, 0.29) is 18.6 Å². The first-order chi connectivity index (χ1) is 6.50. The van der Waals surface area contributed by atoms with E-state index in [1.165, 1.54) is 6.07 Å². The minimum atomic E-state index is -2.76. The van der Waals surface area contributed by atoms with Crippen molar-refractivity contribution in [2.75, 3.05) is 6.61 Å². The van der Waals surface area contributed by atoms with Crippen LogP contribution in [0.3, 0.4) is 0 Å². The Morgan fingerprint density at radius 3 is 2.86 bits per heavy atom. The molecule has 0 fully saturated rings. The predicted molar refractivity (Wildman–Crippen MR) is 52.9 cm³/mol. The second-order valence-corrected chi connectivity index (χ2v) is 4.32. The Bertz CT molecular complexity index is 377. The van der Waals surface area contributed by atoms with Crippen molar-refractivity contribution in [2.45, 2.75) is 19.3 Å². The fourth-order valence-electron chi connectivity index (χ4n) is 1.61. The van der Waals surface area contributed by atoms with Crippen LogP contribution in [0, 0.1) is 6.92 Å². The molecule has 1 aliphatic heterocycles. The molecule has 0 radical (unpaired) electrons. The van der Waals surface area contributed by atoms with Crippen molar-refractivity contribution in [1.82, 2.24) is 0 Å². The average Bonchev–Trinajstić information content (AvgIpc) is 2.06. The minimum absolute atomic E-state index is 0.00405. The molecule has 0 atom stereocenters. The maximum Gasteiger partial charge on any atom is 0.280 e. The predicted octanol–water partition coefficient (Wildman–Crippen LogP) is 3.63. The summed E-state index contributed by atoms with van der Waals surface area (Å²) in [6, 6.07) is 3.21. The summed E-state index contributed by atoms with van der Waals surface area (Å²) in [5.41, 5.74) is 0.740. The number of halogens is 3. The normalized spacial score (nSPS) is 18.6. The van der Waals surface area contributed by atoms with Crippen molar-refractivity contribution >= 4 is 15.9 Å². The van der Waals surface area contributed by atoms with Crippen LogP contribution >= 0.6 is 15.9 Å². The Balaban J connectivity index is 2.63. The van der Waals surface area contributed by atoms with E-state index in [4.69, 9.17) is 4.74 Å². The molecule has 2 rings (SSSR count). The van der Waals surface area contributed by atoms with Crippen LogP contribution in [0.25, 0.3) is 0 Å². The van der Waals surface area contributed by atoms with Crippen molar-refractivity contribution < 1.29 is 13.5 Å². The van der Waals surface area contributed by atoms with Crippen LogP contribution in [-0.2, 0) is 5.92 Å². The van der Waals surface area contributed by atoms with Gasteiger partial charge in [-0.3, -0.25) is 0 Å². The van der Waals surface area contributed by atoms with Gasteiger partial charge in [0.2, 0.25) is 0 Å². The Morgan fingerprint density at radius 2 is 2.14 bits per heavy atom. The van der Waals surface area contributed by atoms with Gasteiger partial charge in [0.25, 0.3) is 5.92 Å². The number of hydrogen-bond donors (Lipinski definition) is 0. The van der Waals surface area contributed by atoms with Gasteiger partial charge in [-0.15, -0.1) is 0 Å². The van der Waals surface area contributed by atoms with E-state index >= 15 is 0 Å². The SMILES string of the molecule is Cc1cc(Br)cc2c1OCCC2(F)F. The molecular formula is C10H9BrF2O. The third-order valence-electron chi connectivity index (χ3n) is 2.30. The summed E-state index contributed by atoms with van der Waals surface area (Å²) in [5, 5.41) is 0. The molecule has 1 heterocycles. The fraction of sp³-hybridized carbons (Fsp3) is 0.400. The standard InChI is InChI=1S/C10H9BrF2O/c1-6-4-7(11)5-8-9(6)14-3-2-10(8,12)13/h4-5H,2-3H2,1H3. The molecule has 0 aliphatic carbocycles. The highest BCUT2D eigenvalue weighted by Gasteiger charge is 2.38. The molecule has 1 aromatic carbocycles. The minimum Gasteiger partial charge on any atom is -0.493 e. The van der Waals surface area contributed by atoms with Crippen molar-refractivity contribution in [3.8, 4) is 5.75 Å². The number of alkyl halides is 2. The van der Waals surface area contributed by atoms with Crippen LogP contribution in [0.4, 0.5) is 8.78 Å². The number of hydrogen-bond acceptors (Lipinski definition) is 1. The van der Waals surface area contributed by atoms with E-state index in [2.05, 4.69) is 15.9 Å². The Morgan fingerprint density at radius 1 is 1.43 bits per heavy atom. The highest BCUT2D eigenvalue weighted by molar-refractivity contribution is 9.10. The Hall–Kier alpha value is -0.640. The molecular weight excluding hydrogens is 254 g/mol. The molecule has 0 spiro atoms. The molecule has 1 nitrogen and oxygen atoms in total. The number of aryl methyl sites for hydroxylation is 1. The maximum atomic E-state index is 13.5. The summed E-state index contributed by atoms with van der Waals surface area (Å²) in [4.78, 5) is 0. The zero-order chi connectivity index (χ0) is 10.3. The van der Waals surface area contributed by atoms with E-state index in [9.17, 15) is 8.78 Å². The van der Waals surface area contributed by atoms with E-state index in [0.29, 0.717) is 10.2 Å². The highest BCUT2D eigenvalue weighted by atomic mass is 79.9. The smallest absolute Gasteiger partial charge is 0.280 e. The molecule has 1 aromatic rings. The van der Waals surface area contributed by atoms with Gasteiger partial charge in [-0.25, -0.2) is 8.78 Å². The molecule has 0 saturated heterocycles. The second-order valence-electron chi connectivity index (χ2n) is 3.40. The first kappa shape index (κ1) is 9.90. The van der Waals surface area contributed by atoms with Crippen LogP contribution in [0.15, 0.2) is 16.6 Å². The van der Waals surface area contributed by atoms with E-state index in [1.54, 1.807) is 13.0 Å². The van der Waals surface area contributed by atoms with Gasteiger partial charge in [-0.1, -0.05) is 15.9 Å². The number of benzene rings is 1. The van der Waals surface area contributed by atoms with Gasteiger partial charge >= 0.3 is 0 Å². The van der Waals surface area contributed by atoms with Crippen molar-refractivity contribution in [3.63, 3.8) is 0 Å². The Labute approximate surface area is 89.2 Å². The lowest BCUT2D eigenvalue weighted by Crippen LogP contribution is -2.24. The lowest BCUT2D eigenvalue weighted by atomic mass is 9.99. The van der Waals surface area contributed by atoms with Gasteiger partial charge in [-0.05, 0) is 24.6 Å². The average molecular weight is 263 g/mol. The summed E-state index contributed by atoms with van der Waals surface area (Å²) in [6.07, 6.45) is -0.240. The molecule has 1 aliphatic rings. The zero-order valence-electron chi connectivity index (χ0n) is 7.61. The summed E-state index contributed by atoms with van der Waals surface area (Å²) in [6.45, 7) is 1.85. The summed E-state index contributed by atoms with van der Waals surface area (Å²) >= 11 is 3.20. The Kier molecular flexibility index (Phi) is 2.26. The molecule has 0 unspecified atom stereocenters. The van der Waals surface area contributed by atoms with E-state index < -0.39 is 5.92 Å². The number of rotatable bonds is 0. The maximum absolute atomic E-state index is 13.5. The lowest BCUT2D eigenvalue weighted by Gasteiger charge is -2.27. The largest absolute Gasteiger partial charge is 0.493 e. The third-order valence-corrected chi connectivity index (χ3v) is 2.75. The fourth-order valence-corrected chi connectivity index (χ4v) is 2.18. The van der Waals surface area contributed by atoms with E-state index in [1.807, 2.05) is 0 Å². The first-order valence-electron chi connectivity index (χ1n) is 4.32. The molecule has 0 bridgehead atoms. The number of ether oxygens (including phenoxy) is 1. The van der Waals surface area contributed by atoms with Gasteiger partial charge in [0.15, 0.2) is 0 Å². The topological polar surface area (TPSA) is 9.23 Å². The van der Waals surface area contributed by atoms with Crippen LogP contribution < -0.4 is 4.74 Å². The van der Waals surface area contributed by atoms with Gasteiger partial charge in [0.1, 0.15) is 5.75 Å². The van der Waals surface area contributed by atoms with Crippen LogP contribution in [0.2, 0.25) is 0 Å². The summed E-state index contributed by atoms with van der Waals surface area (Å²) < 4.78 is 32.8. The summed E-state index contributed by atoms with van der Waals surface area (Å²) in [7, 11) is 0. The molecule has 76 valence electrons. The molecule has 14 heavy (non-hydrogen) atoms. The summed E-state index contributed by atoms with van der Waals surface area (Å²) in [5.74, 6) is -2.42. The zero-order valence-corrected chi connectivity index (χ0v) is 9.20. The first-order valence-corrected chi connectivity index (χ1v) is 5.11. The van der Waals surface area contributed by atoms with Gasteiger partial charge in [0.05, 0.1) is 18.6 Å². The van der Waals surface area contributed by atoms with E-state index in [0.717, 1.165) is 5.56 Å². The van der Waals surface area contributed by atoms with Crippen LogP contribution in [0.5, 0.6) is 5.75 Å². The van der Waals surface area contributed by atoms with Crippen molar-refractivity contribution in [2.24, 2.45) is 0 Å². The van der Waals surface area contributed by atoms with Crippen LogP contribution in [-0.4, -0.2) is 6.61 Å². The van der Waals surface area contributed by atoms with Crippen molar-refractivity contribution in [1.29, 1.82) is 0 Å². The van der Waals surface area contributed by atoms with Gasteiger partial charge in [-0.2, -0.15) is 0 Å². The van der Waals surface area contributed by atoms with Crippen molar-refractivity contribution in [3.05, 3.63) is 27.7 Å². The second kappa shape index (κ2) is 3.19.